The molecule has 1 saturated heterocycles. The van der Waals surface area contributed by atoms with Crippen LogP contribution >= 0.6 is 0 Å². The van der Waals surface area contributed by atoms with E-state index < -0.39 is 0 Å². The van der Waals surface area contributed by atoms with Crippen LogP contribution in [0.4, 0.5) is 0 Å². The van der Waals surface area contributed by atoms with Gasteiger partial charge in [-0.1, -0.05) is 12.1 Å². The van der Waals surface area contributed by atoms with Crippen LogP contribution in [0.5, 0.6) is 17.4 Å². The number of amides is 1. The number of carbonyl (C=O) groups excluding carboxylic acids is 1. The molecule has 1 fully saturated rings. The summed E-state index contributed by atoms with van der Waals surface area (Å²) in [5.41, 5.74) is 2.93. The molecule has 1 aliphatic rings. The molecular formula is C26H26N6O3. The van der Waals surface area contributed by atoms with Gasteiger partial charge in [-0.15, -0.1) is 0 Å². The molecule has 0 unspecified atom stereocenters. The fourth-order valence-electron chi connectivity index (χ4n) is 4.34. The first-order chi connectivity index (χ1) is 17.1. The molecule has 4 aromatic rings. The summed E-state index contributed by atoms with van der Waals surface area (Å²) in [5.74, 6) is 1.59. The lowest BCUT2D eigenvalue weighted by Gasteiger charge is -2.33. The van der Waals surface area contributed by atoms with Crippen LogP contribution in [0, 0.1) is 0 Å². The monoisotopic (exact) mass is 470 g/mol. The zero-order chi connectivity index (χ0) is 24.2. The van der Waals surface area contributed by atoms with Crippen molar-refractivity contribution in [2.45, 2.75) is 18.8 Å². The van der Waals surface area contributed by atoms with E-state index >= 15 is 0 Å². The van der Waals surface area contributed by atoms with Gasteiger partial charge in [0.05, 0.1) is 19.0 Å². The average Bonchev–Trinajstić information content (AvgIpc) is 3.35. The van der Waals surface area contributed by atoms with Gasteiger partial charge < -0.3 is 14.4 Å². The van der Waals surface area contributed by atoms with Gasteiger partial charge in [0, 0.05) is 62.0 Å². The topological polar surface area (TPSA) is 95.3 Å². The average molecular weight is 471 g/mol. The van der Waals surface area contributed by atoms with Gasteiger partial charge in [-0.2, -0.15) is 5.10 Å². The highest BCUT2D eigenvalue weighted by atomic mass is 16.5. The van der Waals surface area contributed by atoms with Crippen LogP contribution in [0.2, 0.25) is 0 Å². The second kappa shape index (κ2) is 9.92. The summed E-state index contributed by atoms with van der Waals surface area (Å²) in [6, 6.07) is 11.0. The maximum Gasteiger partial charge on any atom is 0.254 e. The van der Waals surface area contributed by atoms with E-state index in [9.17, 15) is 4.79 Å². The smallest absolute Gasteiger partial charge is 0.254 e. The SMILES string of the molecule is COc1ccccc1Oc1nccnc1[C@H]1CCCN(C(=O)c2ccnc(-c3cnn(C)c3)c2)C1. The minimum absolute atomic E-state index is 0.00531. The summed E-state index contributed by atoms with van der Waals surface area (Å²) in [7, 11) is 3.45. The molecule has 0 bridgehead atoms. The number of likely N-dealkylation sites (tertiary alicyclic amines) is 1. The summed E-state index contributed by atoms with van der Waals surface area (Å²) >= 11 is 0. The largest absolute Gasteiger partial charge is 0.493 e. The van der Waals surface area contributed by atoms with E-state index in [0.29, 0.717) is 36.0 Å². The van der Waals surface area contributed by atoms with E-state index in [1.165, 1.54) is 0 Å². The predicted octanol–water partition coefficient (Wildman–Crippen LogP) is 4.09. The predicted molar refractivity (Wildman–Crippen MR) is 129 cm³/mol. The van der Waals surface area contributed by atoms with Gasteiger partial charge in [-0.25, -0.2) is 4.98 Å². The second-order valence-electron chi connectivity index (χ2n) is 8.42. The maximum absolute atomic E-state index is 13.4. The summed E-state index contributed by atoms with van der Waals surface area (Å²) in [6.07, 6.45) is 10.3. The third-order valence-corrected chi connectivity index (χ3v) is 6.07. The van der Waals surface area contributed by atoms with Crippen molar-refractivity contribution in [1.82, 2.24) is 29.6 Å². The number of carbonyl (C=O) groups is 1. The minimum Gasteiger partial charge on any atom is -0.493 e. The number of methoxy groups -OCH3 is 1. The molecule has 0 N–H and O–H groups in total. The molecule has 9 heteroatoms. The summed E-state index contributed by atoms with van der Waals surface area (Å²) < 4.78 is 13.2. The molecule has 0 spiro atoms. The van der Waals surface area contributed by atoms with Crippen molar-refractivity contribution >= 4 is 5.91 Å². The van der Waals surface area contributed by atoms with Crippen molar-refractivity contribution < 1.29 is 14.3 Å². The number of ether oxygens (including phenoxy) is 2. The van der Waals surface area contributed by atoms with Crippen LogP contribution in [-0.4, -0.2) is 55.7 Å². The number of rotatable bonds is 6. The highest BCUT2D eigenvalue weighted by Gasteiger charge is 2.29. The van der Waals surface area contributed by atoms with E-state index in [1.807, 2.05) is 48.5 Å². The Hall–Kier alpha value is -4.27. The van der Waals surface area contributed by atoms with Crippen molar-refractivity contribution in [3.63, 3.8) is 0 Å². The molecule has 178 valence electrons. The number of hydrogen-bond acceptors (Lipinski definition) is 7. The fourth-order valence-corrected chi connectivity index (χ4v) is 4.34. The molecule has 5 rings (SSSR count). The number of aromatic nitrogens is 5. The first-order valence-corrected chi connectivity index (χ1v) is 11.5. The Morgan fingerprint density at radius 1 is 1.06 bits per heavy atom. The molecule has 1 aliphatic heterocycles. The van der Waals surface area contributed by atoms with Crippen LogP contribution in [-0.2, 0) is 7.05 Å². The van der Waals surface area contributed by atoms with Gasteiger partial charge in [-0.3, -0.25) is 19.4 Å². The van der Waals surface area contributed by atoms with Crippen LogP contribution < -0.4 is 9.47 Å². The first kappa shape index (κ1) is 22.5. The Bertz CT molecular complexity index is 1340. The second-order valence-corrected chi connectivity index (χ2v) is 8.42. The zero-order valence-corrected chi connectivity index (χ0v) is 19.7. The minimum atomic E-state index is -0.0293. The number of para-hydroxylation sites is 2. The molecule has 1 atom stereocenters. The van der Waals surface area contributed by atoms with E-state index in [1.54, 1.807) is 42.6 Å². The van der Waals surface area contributed by atoms with E-state index in [-0.39, 0.29) is 11.8 Å². The van der Waals surface area contributed by atoms with Crippen LogP contribution in [0.15, 0.2) is 67.4 Å². The summed E-state index contributed by atoms with van der Waals surface area (Å²) in [6.45, 7) is 1.22. The standard InChI is InChI=1S/C26H26N6O3/c1-31-16-20(15-30-31)21-14-18(9-10-27-21)26(33)32-13-5-6-19(17-32)24-25(29-12-11-28-24)35-23-8-4-3-7-22(23)34-2/h3-4,7-12,14-16,19H,5-6,13,17H2,1-2H3/t19-/m0/s1. The number of aryl methyl sites for hydroxylation is 1. The van der Waals surface area contributed by atoms with Crippen molar-refractivity contribution in [2.75, 3.05) is 20.2 Å². The van der Waals surface area contributed by atoms with E-state index in [4.69, 9.17) is 9.47 Å². The van der Waals surface area contributed by atoms with Gasteiger partial charge in [-0.05, 0) is 37.1 Å². The third kappa shape index (κ3) is 4.84. The molecule has 3 aromatic heterocycles. The molecule has 1 amide bonds. The van der Waals surface area contributed by atoms with Gasteiger partial charge in [0.25, 0.3) is 5.91 Å². The molecule has 0 aliphatic carbocycles. The van der Waals surface area contributed by atoms with Crippen molar-refractivity contribution in [3.05, 3.63) is 78.6 Å². The lowest BCUT2D eigenvalue weighted by atomic mass is 9.94. The number of nitrogens with zero attached hydrogens (tertiary/aromatic N) is 6. The quantitative estimate of drug-likeness (QED) is 0.419. The maximum atomic E-state index is 13.4. The molecule has 0 saturated carbocycles. The summed E-state index contributed by atoms with van der Waals surface area (Å²) in [5, 5.41) is 4.20. The molecule has 4 heterocycles. The summed E-state index contributed by atoms with van der Waals surface area (Å²) in [4.78, 5) is 28.7. The highest BCUT2D eigenvalue weighted by molar-refractivity contribution is 5.95. The highest BCUT2D eigenvalue weighted by Crippen LogP contribution is 2.36. The van der Waals surface area contributed by atoms with Crippen LogP contribution in [0.1, 0.15) is 34.8 Å². The van der Waals surface area contributed by atoms with Crippen molar-refractivity contribution in [3.8, 4) is 28.6 Å². The zero-order valence-electron chi connectivity index (χ0n) is 19.7. The Morgan fingerprint density at radius 3 is 2.69 bits per heavy atom. The number of piperidine rings is 1. The fraction of sp³-hybridized carbons (Fsp3) is 0.269. The molecular weight excluding hydrogens is 444 g/mol. The van der Waals surface area contributed by atoms with Gasteiger partial charge in [0.15, 0.2) is 11.5 Å². The molecule has 35 heavy (non-hydrogen) atoms. The normalized spacial score (nSPS) is 15.6. The Kier molecular flexibility index (Phi) is 6.38. The number of hydrogen-bond donors (Lipinski definition) is 0. The van der Waals surface area contributed by atoms with Gasteiger partial charge in [0.1, 0.15) is 5.69 Å². The van der Waals surface area contributed by atoms with Crippen molar-refractivity contribution in [1.29, 1.82) is 0 Å². The van der Waals surface area contributed by atoms with Crippen LogP contribution in [0.25, 0.3) is 11.3 Å². The van der Waals surface area contributed by atoms with Gasteiger partial charge >= 0.3 is 0 Å². The number of pyridine rings is 1. The van der Waals surface area contributed by atoms with Crippen LogP contribution in [0.3, 0.4) is 0 Å². The molecule has 9 nitrogen and oxygen atoms in total. The Balaban J connectivity index is 1.36. The molecule has 0 radical (unpaired) electrons. The van der Waals surface area contributed by atoms with E-state index in [2.05, 4.69) is 20.1 Å². The lowest BCUT2D eigenvalue weighted by Crippen LogP contribution is -2.39. The van der Waals surface area contributed by atoms with Crippen molar-refractivity contribution in [2.24, 2.45) is 7.05 Å². The van der Waals surface area contributed by atoms with Gasteiger partial charge in [0.2, 0.25) is 5.88 Å². The third-order valence-electron chi connectivity index (χ3n) is 6.07. The number of benzene rings is 1. The van der Waals surface area contributed by atoms with E-state index in [0.717, 1.165) is 29.8 Å². The first-order valence-electron chi connectivity index (χ1n) is 11.5. The Labute approximate surface area is 203 Å². The molecule has 1 aromatic carbocycles. The Morgan fingerprint density at radius 2 is 1.89 bits per heavy atom. The lowest BCUT2D eigenvalue weighted by molar-refractivity contribution is 0.0704.